The van der Waals surface area contributed by atoms with Gasteiger partial charge in [-0.2, -0.15) is 0 Å². The van der Waals surface area contributed by atoms with Gasteiger partial charge in [0, 0.05) is 34.0 Å². The minimum absolute atomic E-state index is 0.0386. The van der Waals surface area contributed by atoms with Gasteiger partial charge in [-0.3, -0.25) is 4.79 Å². The van der Waals surface area contributed by atoms with Crippen LogP contribution in [0.5, 0.6) is 0 Å². The van der Waals surface area contributed by atoms with Crippen LogP contribution < -0.4 is 11.1 Å². The molecule has 0 aliphatic rings. The molecule has 1 atom stereocenters. The number of carbonyl (C=O) groups is 1. The predicted octanol–water partition coefficient (Wildman–Crippen LogP) is 3.37. The summed E-state index contributed by atoms with van der Waals surface area (Å²) in [7, 11) is 1.65. The first-order chi connectivity index (χ1) is 10.6. The Bertz CT molecular complexity index is 638. The quantitative estimate of drug-likeness (QED) is 0.379. The van der Waals surface area contributed by atoms with Crippen molar-refractivity contribution in [3.63, 3.8) is 0 Å². The number of thioether (sulfide) groups is 1. The summed E-state index contributed by atoms with van der Waals surface area (Å²) in [6, 6.07) is 5.78. The summed E-state index contributed by atoms with van der Waals surface area (Å²) in [6.07, 6.45) is 4.26. The van der Waals surface area contributed by atoms with Crippen LogP contribution in [0.4, 0.5) is 5.69 Å². The molecule has 0 aromatic heterocycles. The highest BCUT2D eigenvalue weighted by molar-refractivity contribution is 8.00. The third-order valence-electron chi connectivity index (χ3n) is 3.13. The maximum atomic E-state index is 11.9. The van der Waals surface area contributed by atoms with E-state index in [1.807, 2.05) is 31.2 Å². The normalized spacial score (nSPS) is 12.0. The lowest BCUT2D eigenvalue weighted by Crippen LogP contribution is -2.25. The second-order valence-corrected chi connectivity index (χ2v) is 5.84. The second kappa shape index (κ2) is 9.01. The van der Waals surface area contributed by atoms with E-state index in [4.69, 9.17) is 5.73 Å². The monoisotopic (exact) mass is 314 g/mol. The number of allylic oxidation sites excluding steroid dienone is 2. The fraction of sp³-hybridized carbons (Fsp3) is 0.278. The number of nitrogens with two attached hydrogens (primary N) is 1. The van der Waals surface area contributed by atoms with Crippen molar-refractivity contribution >= 4 is 23.4 Å². The minimum Gasteiger partial charge on any atom is -0.398 e. The Hall–Kier alpha value is -2.12. The summed E-state index contributed by atoms with van der Waals surface area (Å²) in [5.74, 6) is 5.69. The number of anilines is 1. The Morgan fingerprint density at radius 2 is 2.27 bits per heavy atom. The van der Waals surface area contributed by atoms with Gasteiger partial charge < -0.3 is 11.1 Å². The van der Waals surface area contributed by atoms with Crippen LogP contribution in [0.25, 0.3) is 0 Å². The van der Waals surface area contributed by atoms with Crippen molar-refractivity contribution < 1.29 is 4.79 Å². The Kier molecular flexibility index (Phi) is 7.34. The molecule has 0 aliphatic heterocycles. The first-order valence-electron chi connectivity index (χ1n) is 7.14. The van der Waals surface area contributed by atoms with Crippen molar-refractivity contribution in [1.29, 1.82) is 0 Å². The topological polar surface area (TPSA) is 55.1 Å². The van der Waals surface area contributed by atoms with Crippen LogP contribution in [0.2, 0.25) is 0 Å². The van der Waals surface area contributed by atoms with Gasteiger partial charge >= 0.3 is 0 Å². The summed E-state index contributed by atoms with van der Waals surface area (Å²) in [5, 5.41) is 2.78. The van der Waals surface area contributed by atoms with E-state index in [-0.39, 0.29) is 11.2 Å². The average Bonchev–Trinajstić information content (AvgIpc) is 2.53. The van der Waals surface area contributed by atoms with Gasteiger partial charge in [-0.05, 0) is 37.6 Å². The summed E-state index contributed by atoms with van der Waals surface area (Å²) in [4.78, 5) is 13.0. The highest BCUT2D eigenvalue weighted by atomic mass is 32.2. The lowest BCUT2D eigenvalue weighted by Gasteiger charge is -2.17. The van der Waals surface area contributed by atoms with Crippen molar-refractivity contribution in [3.8, 4) is 11.8 Å². The molecule has 1 rings (SSSR count). The molecular formula is C18H22N2OS. The van der Waals surface area contributed by atoms with Gasteiger partial charge in [0.25, 0.3) is 0 Å². The van der Waals surface area contributed by atoms with Crippen LogP contribution in [-0.4, -0.2) is 18.2 Å². The summed E-state index contributed by atoms with van der Waals surface area (Å²) in [5.41, 5.74) is 8.23. The number of hydrogen-bond donors (Lipinski definition) is 2. The zero-order chi connectivity index (χ0) is 16.5. The highest BCUT2D eigenvalue weighted by Crippen LogP contribution is 2.32. The Labute approximate surface area is 137 Å². The maximum Gasteiger partial charge on any atom is 0.247 e. The number of nitrogens with one attached hydrogen (secondary N) is 1. The number of likely N-dealkylation sites (N-methyl/N-ethyl adjacent to an activating group) is 1. The molecule has 4 heteroatoms. The first kappa shape index (κ1) is 17.9. The number of carbonyl (C=O) groups excluding carboxylic acids is 1. The lowest BCUT2D eigenvalue weighted by molar-refractivity contribution is -0.117. The van der Waals surface area contributed by atoms with Gasteiger partial charge in [-0.1, -0.05) is 31.4 Å². The number of rotatable bonds is 5. The fourth-order valence-electron chi connectivity index (χ4n) is 2.00. The number of nitrogen functional groups attached to an aromatic ring is 1. The maximum absolute atomic E-state index is 11.9. The fourth-order valence-corrected chi connectivity index (χ4v) is 3.20. The SMILES string of the molecule is C=CC#Cc1ccc(SC(CC)/C(=C\C)C(=O)NC)cc1N. The largest absolute Gasteiger partial charge is 0.398 e. The molecule has 0 bridgehead atoms. The van der Waals surface area contributed by atoms with Gasteiger partial charge in [-0.25, -0.2) is 0 Å². The number of hydrogen-bond acceptors (Lipinski definition) is 3. The van der Waals surface area contributed by atoms with E-state index in [0.29, 0.717) is 5.69 Å². The minimum atomic E-state index is -0.0386. The smallest absolute Gasteiger partial charge is 0.247 e. The molecule has 3 nitrogen and oxygen atoms in total. The summed E-state index contributed by atoms with van der Waals surface area (Å²) < 4.78 is 0. The van der Waals surface area contributed by atoms with Crippen molar-refractivity contribution in [2.75, 3.05) is 12.8 Å². The molecule has 1 amide bonds. The molecule has 1 unspecified atom stereocenters. The van der Waals surface area contributed by atoms with Crippen LogP contribution in [0.3, 0.4) is 0 Å². The standard InChI is InChI=1S/C18H22N2OS/c1-5-8-9-13-10-11-14(12-16(13)19)22-17(7-3)15(6-2)18(21)20-4/h5-6,10-12,17H,1,7,19H2,2-4H3,(H,20,21)/b15-6+. The van der Waals surface area contributed by atoms with E-state index in [2.05, 4.69) is 30.7 Å². The molecule has 0 fully saturated rings. The van der Waals surface area contributed by atoms with Crippen molar-refractivity contribution in [2.24, 2.45) is 0 Å². The Balaban J connectivity index is 2.99. The molecule has 0 spiro atoms. The van der Waals surface area contributed by atoms with Crippen LogP contribution >= 0.6 is 11.8 Å². The van der Waals surface area contributed by atoms with E-state index < -0.39 is 0 Å². The average molecular weight is 314 g/mol. The highest BCUT2D eigenvalue weighted by Gasteiger charge is 2.19. The Morgan fingerprint density at radius 1 is 1.55 bits per heavy atom. The van der Waals surface area contributed by atoms with Crippen LogP contribution in [-0.2, 0) is 4.79 Å². The molecule has 0 saturated carbocycles. The third kappa shape index (κ3) is 4.71. The number of amides is 1. The van der Waals surface area contributed by atoms with Crippen LogP contribution in [0.15, 0.2) is 47.4 Å². The summed E-state index contributed by atoms with van der Waals surface area (Å²) >= 11 is 1.63. The van der Waals surface area contributed by atoms with Gasteiger partial charge in [0.05, 0.1) is 0 Å². The molecule has 0 aliphatic carbocycles. The van der Waals surface area contributed by atoms with Crippen molar-refractivity contribution in [2.45, 2.75) is 30.4 Å². The number of benzene rings is 1. The lowest BCUT2D eigenvalue weighted by atomic mass is 10.1. The van der Waals surface area contributed by atoms with Crippen LogP contribution in [0.1, 0.15) is 25.8 Å². The van der Waals surface area contributed by atoms with E-state index >= 15 is 0 Å². The van der Waals surface area contributed by atoms with Crippen LogP contribution in [0, 0.1) is 11.8 Å². The van der Waals surface area contributed by atoms with E-state index in [1.165, 1.54) is 6.08 Å². The molecular weight excluding hydrogens is 292 g/mol. The van der Waals surface area contributed by atoms with Crippen molar-refractivity contribution in [3.05, 3.63) is 48.1 Å². The van der Waals surface area contributed by atoms with Gasteiger partial charge in [0.2, 0.25) is 5.91 Å². The molecule has 116 valence electrons. The van der Waals surface area contributed by atoms with Gasteiger partial charge in [-0.15, -0.1) is 11.8 Å². The van der Waals surface area contributed by atoms with Gasteiger partial charge in [0.1, 0.15) is 0 Å². The third-order valence-corrected chi connectivity index (χ3v) is 4.53. The molecule has 1 aromatic carbocycles. The Morgan fingerprint density at radius 3 is 2.77 bits per heavy atom. The zero-order valence-electron chi connectivity index (χ0n) is 13.3. The van der Waals surface area contributed by atoms with E-state index in [9.17, 15) is 4.79 Å². The zero-order valence-corrected chi connectivity index (χ0v) is 14.1. The predicted molar refractivity (Wildman–Crippen MR) is 95.7 cm³/mol. The van der Waals surface area contributed by atoms with Gasteiger partial charge in [0.15, 0.2) is 0 Å². The van der Waals surface area contributed by atoms with E-state index in [1.54, 1.807) is 18.8 Å². The van der Waals surface area contributed by atoms with Crippen molar-refractivity contribution in [1.82, 2.24) is 5.32 Å². The molecule has 0 heterocycles. The molecule has 22 heavy (non-hydrogen) atoms. The molecule has 0 radical (unpaired) electrons. The summed E-state index contributed by atoms with van der Waals surface area (Å²) in [6.45, 7) is 7.52. The first-order valence-corrected chi connectivity index (χ1v) is 8.02. The van der Waals surface area contributed by atoms with E-state index in [0.717, 1.165) is 22.5 Å². The second-order valence-electron chi connectivity index (χ2n) is 4.56. The molecule has 3 N–H and O–H groups in total. The molecule has 0 saturated heterocycles. The molecule has 1 aromatic rings.